The lowest BCUT2D eigenvalue weighted by molar-refractivity contribution is -0.424. The highest BCUT2D eigenvalue weighted by atomic mass is 19.1. The number of ether oxygens (including phenoxy) is 10. The van der Waals surface area contributed by atoms with Crippen molar-refractivity contribution in [3.63, 3.8) is 0 Å². The van der Waals surface area contributed by atoms with Crippen LogP contribution in [0.2, 0.25) is 0 Å². The number of benzene rings is 4. The molecule has 0 spiro atoms. The van der Waals surface area contributed by atoms with Gasteiger partial charge in [0.1, 0.15) is 37.1 Å². The van der Waals surface area contributed by atoms with E-state index >= 15 is 4.39 Å². The highest BCUT2D eigenvalue weighted by Gasteiger charge is 2.60. The van der Waals surface area contributed by atoms with E-state index in [1.807, 2.05) is 121 Å². The molecule has 0 bridgehead atoms. The Labute approximate surface area is 355 Å². The van der Waals surface area contributed by atoms with Crippen molar-refractivity contribution in [3.8, 4) is 0 Å². The third-order valence-electron chi connectivity index (χ3n) is 10.1. The minimum atomic E-state index is -2.19. The van der Waals surface area contributed by atoms with Crippen LogP contribution in [-0.2, 0) is 88.2 Å². The van der Waals surface area contributed by atoms with Crippen molar-refractivity contribution in [1.29, 1.82) is 0 Å². The Kier molecular flexibility index (Phi) is 16.5. The molecule has 14 heteroatoms. The van der Waals surface area contributed by atoms with Crippen molar-refractivity contribution >= 4 is 17.9 Å². The summed E-state index contributed by atoms with van der Waals surface area (Å²) in [6.45, 7) is 5.05. The van der Waals surface area contributed by atoms with Gasteiger partial charge in [0, 0.05) is 20.8 Å². The van der Waals surface area contributed by atoms with Gasteiger partial charge in [0.25, 0.3) is 0 Å². The van der Waals surface area contributed by atoms with Gasteiger partial charge in [-0.25, -0.2) is 4.39 Å². The average molecular weight is 845 g/mol. The fourth-order valence-corrected chi connectivity index (χ4v) is 7.31. The molecule has 0 saturated carbocycles. The second-order valence-electron chi connectivity index (χ2n) is 15.0. The Bertz CT molecular complexity index is 1950. The molecule has 2 aliphatic rings. The SMILES string of the molecule is CC(=O)OCC1O[C@H](O[C@@]2(C)OC(COCc3ccccc3)[C@@H](OCc3ccccc3)C(OCc3ccccc3)C2OCc2ccccc2)C(OC(C)=O)C(F)[C@@H]1OC(C)=O. The monoisotopic (exact) mass is 844 g/mol. The minimum absolute atomic E-state index is 0.0157. The third-order valence-corrected chi connectivity index (χ3v) is 10.1. The van der Waals surface area contributed by atoms with Crippen LogP contribution in [-0.4, -0.2) is 92.1 Å². The van der Waals surface area contributed by atoms with Gasteiger partial charge in [-0.05, 0) is 29.2 Å². The molecule has 2 aliphatic heterocycles. The summed E-state index contributed by atoms with van der Waals surface area (Å²) < 4.78 is 79.3. The van der Waals surface area contributed by atoms with Crippen LogP contribution >= 0.6 is 0 Å². The Morgan fingerprint density at radius 1 is 0.557 bits per heavy atom. The summed E-state index contributed by atoms with van der Waals surface area (Å²) in [7, 11) is 0. The van der Waals surface area contributed by atoms with E-state index in [4.69, 9.17) is 47.4 Å². The second kappa shape index (κ2) is 22.2. The number of halogens is 1. The second-order valence-corrected chi connectivity index (χ2v) is 15.0. The first-order valence-corrected chi connectivity index (χ1v) is 20.2. The number of alkyl halides is 1. The number of esters is 3. The molecule has 0 radical (unpaired) electrons. The summed E-state index contributed by atoms with van der Waals surface area (Å²) in [6.07, 6.45) is -12.5. The van der Waals surface area contributed by atoms with Crippen molar-refractivity contribution in [2.75, 3.05) is 13.2 Å². The van der Waals surface area contributed by atoms with E-state index in [2.05, 4.69) is 0 Å². The van der Waals surface area contributed by atoms with E-state index in [0.29, 0.717) is 0 Å². The summed E-state index contributed by atoms with van der Waals surface area (Å²) in [5.74, 6) is -4.26. The van der Waals surface area contributed by atoms with E-state index in [1.165, 1.54) is 6.92 Å². The Balaban J connectivity index is 1.41. The van der Waals surface area contributed by atoms with Gasteiger partial charge >= 0.3 is 17.9 Å². The molecule has 2 heterocycles. The molecule has 4 aromatic carbocycles. The largest absolute Gasteiger partial charge is 0.463 e. The standard InChI is InChI=1S/C47H53FO13/c1-31(49)53-30-38-41(57-32(2)50)40(48)43(58-33(3)51)46(59-38)61-47(4)45(56-28-37-23-15-8-16-24-37)44(55-27-36-21-13-7-14-22-36)42(54-26-35-19-11-6-12-20-35)39(60-47)29-52-25-34-17-9-5-10-18-34/h5-24,38-46H,25-30H2,1-4H3/t38?,39?,40?,41-,42-,43?,44?,45?,46-,47-/m1/s1. The van der Waals surface area contributed by atoms with E-state index in [-0.39, 0.29) is 33.0 Å². The lowest BCUT2D eigenvalue weighted by atomic mass is 9.91. The summed E-state index contributed by atoms with van der Waals surface area (Å²) in [5, 5.41) is 0. The fourth-order valence-electron chi connectivity index (χ4n) is 7.31. The van der Waals surface area contributed by atoms with Crippen molar-refractivity contribution in [3.05, 3.63) is 144 Å². The highest BCUT2D eigenvalue weighted by molar-refractivity contribution is 5.67. The van der Waals surface area contributed by atoms with Crippen LogP contribution in [0.5, 0.6) is 0 Å². The Morgan fingerprint density at radius 3 is 1.51 bits per heavy atom. The van der Waals surface area contributed by atoms with Gasteiger partial charge in [0.2, 0.25) is 6.29 Å². The Morgan fingerprint density at radius 2 is 1.02 bits per heavy atom. The summed E-state index contributed by atoms with van der Waals surface area (Å²) in [5.41, 5.74) is 3.51. The smallest absolute Gasteiger partial charge is 0.303 e. The number of carbonyl (C=O) groups is 3. The number of rotatable bonds is 19. The van der Waals surface area contributed by atoms with Gasteiger partial charge in [-0.3, -0.25) is 14.4 Å². The van der Waals surface area contributed by atoms with E-state index < -0.39 is 85.5 Å². The van der Waals surface area contributed by atoms with Crippen molar-refractivity contribution in [1.82, 2.24) is 0 Å². The number of carbonyl (C=O) groups excluding carboxylic acids is 3. The van der Waals surface area contributed by atoms with E-state index in [0.717, 1.165) is 36.1 Å². The fraction of sp³-hybridized carbons (Fsp3) is 0.426. The first-order valence-electron chi connectivity index (χ1n) is 20.2. The van der Waals surface area contributed by atoms with Crippen LogP contribution in [0.15, 0.2) is 121 Å². The van der Waals surface area contributed by atoms with E-state index in [9.17, 15) is 14.4 Å². The predicted octanol–water partition coefficient (Wildman–Crippen LogP) is 6.58. The van der Waals surface area contributed by atoms with Crippen LogP contribution in [0, 0.1) is 0 Å². The van der Waals surface area contributed by atoms with Crippen LogP contribution in [0.4, 0.5) is 4.39 Å². The van der Waals surface area contributed by atoms with Gasteiger partial charge in [-0.1, -0.05) is 121 Å². The molecule has 0 amide bonds. The molecule has 0 N–H and O–H groups in total. The molecule has 0 aromatic heterocycles. The molecule has 2 saturated heterocycles. The maximum Gasteiger partial charge on any atom is 0.303 e. The average Bonchev–Trinajstić information content (AvgIpc) is 3.25. The Hall–Kier alpha value is -5.06. The van der Waals surface area contributed by atoms with Crippen molar-refractivity contribution < 1.29 is 66.1 Å². The van der Waals surface area contributed by atoms with Gasteiger partial charge < -0.3 is 47.4 Å². The minimum Gasteiger partial charge on any atom is -0.463 e. The van der Waals surface area contributed by atoms with Crippen LogP contribution in [0.1, 0.15) is 49.9 Å². The normalized spacial score (nSPS) is 27.5. The van der Waals surface area contributed by atoms with Gasteiger partial charge in [0.15, 0.2) is 24.2 Å². The zero-order valence-corrected chi connectivity index (χ0v) is 34.7. The lowest BCUT2D eigenvalue weighted by Gasteiger charge is -2.53. The zero-order chi connectivity index (χ0) is 43.2. The molecule has 13 nitrogen and oxygen atoms in total. The topological polar surface area (TPSA) is 144 Å². The predicted molar refractivity (Wildman–Crippen MR) is 217 cm³/mol. The van der Waals surface area contributed by atoms with E-state index in [1.54, 1.807) is 6.92 Å². The molecular formula is C47H53FO13. The van der Waals surface area contributed by atoms with Crippen LogP contribution in [0.3, 0.4) is 0 Å². The molecule has 0 aliphatic carbocycles. The molecule has 4 aromatic rings. The summed E-state index contributed by atoms with van der Waals surface area (Å²) >= 11 is 0. The summed E-state index contributed by atoms with van der Waals surface area (Å²) in [4.78, 5) is 36.6. The highest BCUT2D eigenvalue weighted by Crippen LogP contribution is 2.41. The maximum atomic E-state index is 16.7. The third kappa shape index (κ3) is 13.0. The van der Waals surface area contributed by atoms with Gasteiger partial charge in [0.05, 0.1) is 33.0 Å². The molecule has 61 heavy (non-hydrogen) atoms. The van der Waals surface area contributed by atoms with Crippen molar-refractivity contribution in [2.24, 2.45) is 0 Å². The molecule has 6 unspecified atom stereocenters. The number of hydrogen-bond acceptors (Lipinski definition) is 13. The molecule has 2 fully saturated rings. The molecule has 326 valence electrons. The number of hydrogen-bond donors (Lipinski definition) is 0. The maximum absolute atomic E-state index is 16.7. The van der Waals surface area contributed by atoms with Crippen LogP contribution < -0.4 is 0 Å². The van der Waals surface area contributed by atoms with Gasteiger partial charge in [-0.2, -0.15) is 0 Å². The van der Waals surface area contributed by atoms with Crippen LogP contribution in [0.25, 0.3) is 0 Å². The quantitative estimate of drug-likeness (QED) is 0.0742. The first-order chi connectivity index (χ1) is 29.5. The lowest BCUT2D eigenvalue weighted by Crippen LogP contribution is -2.69. The van der Waals surface area contributed by atoms with Gasteiger partial charge in [-0.15, -0.1) is 0 Å². The van der Waals surface area contributed by atoms with Crippen molar-refractivity contribution in [2.45, 2.75) is 115 Å². The summed E-state index contributed by atoms with van der Waals surface area (Å²) in [6, 6.07) is 38.3. The molecule has 10 atom stereocenters. The molecule has 6 rings (SSSR count). The first kappa shape index (κ1) is 45.5. The zero-order valence-electron chi connectivity index (χ0n) is 34.7. The molecular weight excluding hydrogens is 792 g/mol.